The lowest BCUT2D eigenvalue weighted by Gasteiger charge is -2.39. The molecule has 3 atom stereocenters. The van der Waals surface area contributed by atoms with E-state index in [-0.39, 0.29) is 17.9 Å². The average Bonchev–Trinajstić information content (AvgIpc) is 2.36. The van der Waals surface area contributed by atoms with Crippen LogP contribution in [0.3, 0.4) is 0 Å². The molecule has 0 spiro atoms. The Morgan fingerprint density at radius 1 is 1.29 bits per heavy atom. The Hall–Kier alpha value is -1.59. The summed E-state index contributed by atoms with van der Waals surface area (Å²) < 4.78 is 0. The number of hydrogen-bond donors (Lipinski definition) is 2. The van der Waals surface area contributed by atoms with Gasteiger partial charge in [0.1, 0.15) is 6.04 Å². The number of hydrogen-bond acceptors (Lipinski definition) is 3. The summed E-state index contributed by atoms with van der Waals surface area (Å²) >= 11 is 0. The Morgan fingerprint density at radius 2 is 1.86 bits per heavy atom. The molecule has 1 aliphatic rings. The van der Waals surface area contributed by atoms with E-state index in [1.54, 1.807) is 39.5 Å². The number of amides is 2. The predicted molar refractivity (Wildman–Crippen MR) is 78.6 cm³/mol. The fourth-order valence-electron chi connectivity index (χ4n) is 2.51. The summed E-state index contributed by atoms with van der Waals surface area (Å²) in [6.45, 7) is 9.28. The van der Waals surface area contributed by atoms with Crippen LogP contribution in [0.4, 0.5) is 0 Å². The normalized spacial score (nSPS) is 24.3. The van der Waals surface area contributed by atoms with E-state index in [9.17, 15) is 19.5 Å². The van der Waals surface area contributed by atoms with E-state index < -0.39 is 23.3 Å². The van der Waals surface area contributed by atoms with E-state index in [2.05, 4.69) is 5.32 Å². The molecule has 1 saturated heterocycles. The molecule has 0 bridgehead atoms. The highest BCUT2D eigenvalue weighted by molar-refractivity contribution is 5.89. The van der Waals surface area contributed by atoms with Gasteiger partial charge in [0.2, 0.25) is 11.8 Å². The molecule has 0 aromatic carbocycles. The second-order valence-electron chi connectivity index (χ2n) is 6.80. The van der Waals surface area contributed by atoms with Crippen molar-refractivity contribution in [1.29, 1.82) is 0 Å². The van der Waals surface area contributed by atoms with Gasteiger partial charge in [-0.05, 0) is 26.7 Å². The van der Waals surface area contributed by atoms with Gasteiger partial charge in [0, 0.05) is 18.0 Å². The highest BCUT2D eigenvalue weighted by atomic mass is 16.4. The fourth-order valence-corrected chi connectivity index (χ4v) is 2.51. The second kappa shape index (κ2) is 6.45. The number of carboxylic acid groups (broad SMARTS) is 1. The molecule has 2 N–H and O–H groups in total. The quantitative estimate of drug-likeness (QED) is 0.821. The van der Waals surface area contributed by atoms with Crippen molar-refractivity contribution < 1.29 is 19.5 Å². The maximum absolute atomic E-state index is 12.5. The predicted octanol–water partition coefficient (Wildman–Crippen LogP) is 1.25. The lowest BCUT2D eigenvalue weighted by Crippen LogP contribution is -2.56. The highest BCUT2D eigenvalue weighted by Gasteiger charge is 2.37. The molecule has 1 aliphatic heterocycles. The minimum atomic E-state index is -0.869. The maximum atomic E-state index is 12.5. The molecule has 21 heavy (non-hydrogen) atoms. The monoisotopic (exact) mass is 298 g/mol. The summed E-state index contributed by atoms with van der Waals surface area (Å²) in [6.07, 6.45) is 1.26. The van der Waals surface area contributed by atoms with Gasteiger partial charge in [-0.15, -0.1) is 0 Å². The van der Waals surface area contributed by atoms with Crippen molar-refractivity contribution in [3.05, 3.63) is 0 Å². The number of aliphatic carboxylic acids is 1. The van der Waals surface area contributed by atoms with Crippen molar-refractivity contribution in [2.75, 3.05) is 6.54 Å². The average molecular weight is 298 g/mol. The molecular formula is C15H26N2O4. The van der Waals surface area contributed by atoms with Gasteiger partial charge < -0.3 is 15.3 Å². The number of carbonyl (C=O) groups excluding carboxylic acids is 2. The van der Waals surface area contributed by atoms with Crippen molar-refractivity contribution in [2.45, 2.75) is 59.5 Å². The Labute approximate surface area is 125 Å². The molecule has 0 saturated carbocycles. The van der Waals surface area contributed by atoms with Gasteiger partial charge in [-0.2, -0.15) is 0 Å². The first-order valence-electron chi connectivity index (χ1n) is 7.40. The van der Waals surface area contributed by atoms with Gasteiger partial charge in [-0.25, -0.2) is 0 Å². The third kappa shape index (κ3) is 4.19. The highest BCUT2D eigenvalue weighted by Crippen LogP contribution is 2.24. The van der Waals surface area contributed by atoms with Gasteiger partial charge in [-0.1, -0.05) is 20.8 Å². The molecule has 120 valence electrons. The topological polar surface area (TPSA) is 86.7 Å². The molecule has 0 aliphatic carbocycles. The van der Waals surface area contributed by atoms with Crippen LogP contribution in [0, 0.1) is 11.3 Å². The Kier molecular flexibility index (Phi) is 5.36. The SMILES string of the molecule is CC(NC(=O)C(C)(C)C)C(=O)N1CCC[C@H](C(=O)O)[C@@H]1C. The molecule has 1 heterocycles. The summed E-state index contributed by atoms with van der Waals surface area (Å²) in [5, 5.41) is 11.9. The van der Waals surface area contributed by atoms with Gasteiger partial charge in [0.05, 0.1) is 5.92 Å². The standard InChI is InChI=1S/C15H26N2O4/c1-9(16-14(21)15(3,4)5)12(18)17-8-6-7-11(10(17)2)13(19)20/h9-11H,6-8H2,1-5H3,(H,16,21)(H,19,20)/t9?,10-,11-/m0/s1. The summed E-state index contributed by atoms with van der Waals surface area (Å²) in [4.78, 5) is 37.2. The van der Waals surface area contributed by atoms with Crippen LogP contribution in [0.2, 0.25) is 0 Å². The number of likely N-dealkylation sites (tertiary alicyclic amines) is 1. The van der Waals surface area contributed by atoms with Crippen LogP contribution in [-0.4, -0.2) is 46.4 Å². The summed E-state index contributed by atoms with van der Waals surface area (Å²) in [6, 6.07) is -0.996. The van der Waals surface area contributed by atoms with Crippen LogP contribution in [-0.2, 0) is 14.4 Å². The first-order valence-corrected chi connectivity index (χ1v) is 7.40. The Bertz CT molecular complexity index is 428. The van der Waals surface area contributed by atoms with Crippen LogP contribution in [0.25, 0.3) is 0 Å². The Balaban J connectivity index is 2.73. The molecular weight excluding hydrogens is 272 g/mol. The number of rotatable bonds is 3. The van der Waals surface area contributed by atoms with Gasteiger partial charge >= 0.3 is 5.97 Å². The number of nitrogens with zero attached hydrogens (tertiary/aromatic N) is 1. The zero-order chi connectivity index (χ0) is 16.4. The second-order valence-corrected chi connectivity index (χ2v) is 6.80. The van der Waals surface area contributed by atoms with E-state index in [4.69, 9.17) is 0 Å². The minimum Gasteiger partial charge on any atom is -0.481 e. The molecule has 0 radical (unpaired) electrons. The minimum absolute atomic E-state index is 0.192. The smallest absolute Gasteiger partial charge is 0.308 e. The molecule has 1 rings (SSSR count). The molecule has 1 fully saturated rings. The van der Waals surface area contributed by atoms with Gasteiger partial charge in [0.25, 0.3) is 0 Å². The molecule has 6 heteroatoms. The zero-order valence-corrected chi connectivity index (χ0v) is 13.5. The van der Waals surface area contributed by atoms with Crippen molar-refractivity contribution in [2.24, 2.45) is 11.3 Å². The van der Waals surface area contributed by atoms with Crippen molar-refractivity contribution in [3.63, 3.8) is 0 Å². The van der Waals surface area contributed by atoms with Crippen LogP contribution < -0.4 is 5.32 Å². The van der Waals surface area contributed by atoms with Crippen molar-refractivity contribution >= 4 is 17.8 Å². The summed E-state index contributed by atoms with van der Waals surface area (Å²) in [7, 11) is 0. The van der Waals surface area contributed by atoms with Crippen LogP contribution in [0.5, 0.6) is 0 Å². The Morgan fingerprint density at radius 3 is 2.33 bits per heavy atom. The van der Waals surface area contributed by atoms with E-state index in [1.165, 1.54) is 0 Å². The van der Waals surface area contributed by atoms with Crippen LogP contribution >= 0.6 is 0 Å². The van der Waals surface area contributed by atoms with E-state index in [1.807, 2.05) is 0 Å². The van der Waals surface area contributed by atoms with E-state index in [0.29, 0.717) is 19.4 Å². The molecule has 1 unspecified atom stereocenters. The lowest BCUT2D eigenvalue weighted by molar-refractivity contribution is -0.150. The third-order valence-electron chi connectivity index (χ3n) is 3.99. The first-order chi connectivity index (χ1) is 9.55. The van der Waals surface area contributed by atoms with Crippen molar-refractivity contribution in [3.8, 4) is 0 Å². The lowest BCUT2D eigenvalue weighted by atomic mass is 9.89. The maximum Gasteiger partial charge on any atom is 0.308 e. The van der Waals surface area contributed by atoms with E-state index >= 15 is 0 Å². The number of carboxylic acids is 1. The fraction of sp³-hybridized carbons (Fsp3) is 0.800. The molecule has 0 aromatic rings. The first kappa shape index (κ1) is 17.5. The molecule has 6 nitrogen and oxygen atoms in total. The third-order valence-corrected chi connectivity index (χ3v) is 3.99. The van der Waals surface area contributed by atoms with Gasteiger partial charge in [-0.3, -0.25) is 14.4 Å². The van der Waals surface area contributed by atoms with E-state index in [0.717, 1.165) is 0 Å². The molecule has 0 aromatic heterocycles. The number of carbonyl (C=O) groups is 3. The zero-order valence-electron chi connectivity index (χ0n) is 13.5. The number of piperidine rings is 1. The number of nitrogens with one attached hydrogen (secondary N) is 1. The van der Waals surface area contributed by atoms with Gasteiger partial charge in [0.15, 0.2) is 0 Å². The van der Waals surface area contributed by atoms with Crippen LogP contribution in [0.1, 0.15) is 47.5 Å². The van der Waals surface area contributed by atoms with Crippen LogP contribution in [0.15, 0.2) is 0 Å². The molecule has 2 amide bonds. The van der Waals surface area contributed by atoms with Crippen molar-refractivity contribution in [1.82, 2.24) is 10.2 Å². The summed E-state index contributed by atoms with van der Waals surface area (Å²) in [5.74, 6) is -1.81. The summed E-state index contributed by atoms with van der Waals surface area (Å²) in [5.41, 5.74) is -0.564. The largest absolute Gasteiger partial charge is 0.481 e.